The molecule has 0 aromatic carbocycles. The third-order valence-corrected chi connectivity index (χ3v) is 7.46. The first kappa shape index (κ1) is 9.18. The van der Waals surface area contributed by atoms with E-state index in [1.54, 1.807) is 0 Å². The zero-order valence-corrected chi connectivity index (χ0v) is 7.41. The molecule has 1 heterocycles. The van der Waals surface area contributed by atoms with Gasteiger partial charge in [0.05, 0.1) is 0 Å². The maximum absolute atomic E-state index is 12.4. The van der Waals surface area contributed by atoms with Gasteiger partial charge in [-0.2, -0.15) is 0 Å². The van der Waals surface area contributed by atoms with Crippen LogP contribution in [0.2, 0.25) is 0 Å². The maximum atomic E-state index is 12.4. The third kappa shape index (κ3) is 0.837. The molecule has 0 aromatic heterocycles. The van der Waals surface area contributed by atoms with E-state index in [-0.39, 0.29) is 0 Å². The van der Waals surface area contributed by atoms with Gasteiger partial charge in [-0.25, -0.2) is 0 Å². The monoisotopic (exact) mass is 210 g/mol. The number of rotatable bonds is 0. The van der Waals surface area contributed by atoms with Crippen molar-refractivity contribution in [3.05, 3.63) is 0 Å². The summed E-state index contributed by atoms with van der Waals surface area (Å²) in [5.74, 6) is 0. The topological polar surface area (TPSA) is 40.6 Å². The molecule has 11 heavy (non-hydrogen) atoms. The van der Waals surface area contributed by atoms with Gasteiger partial charge in [0, 0.05) is 0 Å². The Balaban J connectivity index is 3.19. The Morgan fingerprint density at radius 1 is 1.09 bits per heavy atom. The third-order valence-electron chi connectivity index (χ3n) is 1.56. The van der Waals surface area contributed by atoms with Crippen LogP contribution in [0.1, 0.15) is 0 Å². The fourth-order valence-electron chi connectivity index (χ4n) is 0.647. The predicted octanol–water partition coefficient (Wildman–Crippen LogP) is 1.15. The average Bonchev–Trinajstić information content (AvgIpc) is 1.83. The molecule has 0 radical (unpaired) electrons. The normalized spacial score (nSPS) is 38.5. The van der Waals surface area contributed by atoms with Crippen LogP contribution in [0.5, 0.6) is 0 Å². The van der Waals surface area contributed by atoms with Crippen LogP contribution in [-0.4, -0.2) is 30.7 Å². The van der Waals surface area contributed by atoms with Gasteiger partial charge in [0.1, 0.15) is 0 Å². The van der Waals surface area contributed by atoms with Crippen LogP contribution in [0.4, 0.5) is 12.6 Å². The standard InChI is InChI=1S/C2H6F3N2O2PS/c1-6-10(3,4,5)7(2)11(6,8)9/h1-2H3. The molecule has 0 atom stereocenters. The Kier molecular flexibility index (Phi) is 1.43. The molecule has 0 spiro atoms. The van der Waals surface area contributed by atoms with E-state index in [9.17, 15) is 21.0 Å². The van der Waals surface area contributed by atoms with Gasteiger partial charge < -0.3 is 0 Å². The molecule has 0 unspecified atom stereocenters. The van der Waals surface area contributed by atoms with Gasteiger partial charge in [0.25, 0.3) is 0 Å². The molecule has 1 aliphatic heterocycles. The second-order valence-corrected chi connectivity index (χ2v) is 7.31. The predicted molar refractivity (Wildman–Crippen MR) is 34.7 cm³/mol. The first-order valence-electron chi connectivity index (χ1n) is 2.50. The molecule has 1 saturated heterocycles. The van der Waals surface area contributed by atoms with E-state index >= 15 is 0 Å². The summed E-state index contributed by atoms with van der Waals surface area (Å²) in [6, 6.07) is 0. The van der Waals surface area contributed by atoms with E-state index < -0.39 is 26.2 Å². The zero-order chi connectivity index (χ0) is 9.10. The van der Waals surface area contributed by atoms with Crippen LogP contribution in [0.3, 0.4) is 0 Å². The molecule has 1 rings (SSSR count). The molecule has 0 N–H and O–H groups in total. The zero-order valence-electron chi connectivity index (χ0n) is 5.70. The molecule has 0 saturated carbocycles. The summed E-state index contributed by atoms with van der Waals surface area (Å²) in [4.78, 5) is 0. The van der Waals surface area contributed by atoms with Crippen molar-refractivity contribution in [2.45, 2.75) is 0 Å². The first-order chi connectivity index (χ1) is 4.59. The number of hydrogen-bond donors (Lipinski definition) is 0. The van der Waals surface area contributed by atoms with Crippen LogP contribution < -0.4 is 0 Å². The number of halogens is 3. The Labute approximate surface area is 62.2 Å². The fourth-order valence-corrected chi connectivity index (χ4v) is 4.80. The van der Waals surface area contributed by atoms with Crippen LogP contribution in [-0.2, 0) is 10.2 Å². The Bertz CT molecular complexity index is 274. The summed E-state index contributed by atoms with van der Waals surface area (Å²) in [5.41, 5.74) is 0. The van der Waals surface area contributed by atoms with Crippen molar-refractivity contribution in [2.75, 3.05) is 14.1 Å². The molecular formula is C2H6F3N2O2PS. The van der Waals surface area contributed by atoms with Crippen molar-refractivity contribution in [1.29, 1.82) is 0 Å². The van der Waals surface area contributed by atoms with Crippen LogP contribution in [0.15, 0.2) is 0 Å². The van der Waals surface area contributed by atoms with Crippen molar-refractivity contribution in [3.63, 3.8) is 0 Å². The molecule has 4 nitrogen and oxygen atoms in total. The van der Waals surface area contributed by atoms with Gasteiger partial charge in [-0.3, -0.25) is 0 Å². The molecule has 68 valence electrons. The molecule has 1 fully saturated rings. The molecule has 0 bridgehead atoms. The minimum absolute atomic E-state index is 0.501. The van der Waals surface area contributed by atoms with Crippen molar-refractivity contribution in [1.82, 2.24) is 8.15 Å². The van der Waals surface area contributed by atoms with Gasteiger partial charge in [-0.1, -0.05) is 0 Å². The van der Waals surface area contributed by atoms with Gasteiger partial charge in [0.2, 0.25) is 0 Å². The van der Waals surface area contributed by atoms with E-state index in [4.69, 9.17) is 0 Å². The van der Waals surface area contributed by atoms with E-state index in [0.717, 1.165) is 0 Å². The Morgan fingerprint density at radius 3 is 1.45 bits per heavy atom. The van der Waals surface area contributed by atoms with Crippen LogP contribution >= 0.6 is 7.84 Å². The summed E-state index contributed by atoms with van der Waals surface area (Å²) in [7, 11) is -9.84. The Morgan fingerprint density at radius 2 is 1.36 bits per heavy atom. The van der Waals surface area contributed by atoms with Crippen LogP contribution in [0.25, 0.3) is 0 Å². The summed E-state index contributed by atoms with van der Waals surface area (Å²) in [6.45, 7) is 0. The van der Waals surface area contributed by atoms with Crippen molar-refractivity contribution >= 4 is 18.0 Å². The van der Waals surface area contributed by atoms with E-state index in [1.165, 1.54) is 0 Å². The SMILES string of the molecule is CN1S(=O)(=O)N(C)P1(F)(F)F. The van der Waals surface area contributed by atoms with Crippen molar-refractivity contribution in [3.8, 4) is 0 Å². The summed E-state index contributed by atoms with van der Waals surface area (Å²) in [6.07, 6.45) is 0. The first-order valence-corrected chi connectivity index (χ1v) is 5.71. The molecule has 1 aliphatic rings. The van der Waals surface area contributed by atoms with E-state index in [0.29, 0.717) is 14.1 Å². The number of hydrogen-bond acceptors (Lipinski definition) is 2. The van der Waals surface area contributed by atoms with Crippen molar-refractivity contribution < 1.29 is 21.0 Å². The Hall–Kier alpha value is 0.0900. The average molecular weight is 210 g/mol. The van der Waals surface area contributed by atoms with E-state index in [1.807, 2.05) is 0 Å². The molecule has 0 aromatic rings. The quantitative estimate of drug-likeness (QED) is 0.562. The second-order valence-electron chi connectivity index (χ2n) is 2.11. The minimum atomic E-state index is -6.68. The fraction of sp³-hybridized carbons (Fsp3) is 1.00. The van der Waals surface area contributed by atoms with Gasteiger partial charge in [-0.05, 0) is 0 Å². The number of nitrogens with zero attached hydrogens (tertiary/aromatic N) is 2. The van der Waals surface area contributed by atoms with Gasteiger partial charge >= 0.3 is 61.3 Å². The molecule has 9 heteroatoms. The van der Waals surface area contributed by atoms with Crippen molar-refractivity contribution in [2.24, 2.45) is 0 Å². The molecule has 0 aliphatic carbocycles. The van der Waals surface area contributed by atoms with Gasteiger partial charge in [-0.15, -0.1) is 0 Å². The van der Waals surface area contributed by atoms with Crippen LogP contribution in [0, 0.1) is 0 Å². The van der Waals surface area contributed by atoms with E-state index in [2.05, 4.69) is 0 Å². The summed E-state index contributed by atoms with van der Waals surface area (Å²) >= 11 is 0. The molecular weight excluding hydrogens is 204 g/mol. The summed E-state index contributed by atoms with van der Waals surface area (Å²) in [5, 5.41) is 0. The summed E-state index contributed by atoms with van der Waals surface area (Å²) < 4.78 is 57.4. The van der Waals surface area contributed by atoms with Gasteiger partial charge in [0.15, 0.2) is 0 Å². The second kappa shape index (κ2) is 1.71. The molecule has 0 amide bonds.